The lowest BCUT2D eigenvalue weighted by Gasteiger charge is -2.29. The van der Waals surface area contributed by atoms with Gasteiger partial charge in [0.2, 0.25) is 0 Å². The molecule has 0 bridgehead atoms. The Morgan fingerprint density at radius 1 is 1.26 bits per heavy atom. The van der Waals surface area contributed by atoms with E-state index in [1.165, 1.54) is 0 Å². The maximum atomic E-state index is 12.6. The third kappa shape index (κ3) is 3.24. The van der Waals surface area contributed by atoms with E-state index in [-0.39, 0.29) is 24.4 Å². The Hall–Kier alpha value is -1.52. The van der Waals surface area contributed by atoms with Crippen LogP contribution in [0.5, 0.6) is 0 Å². The highest BCUT2D eigenvalue weighted by Gasteiger charge is 2.26. The molecular weight excluding hydrogens is 312 g/mol. The summed E-state index contributed by atoms with van der Waals surface area (Å²) in [6.07, 6.45) is 1.09. The number of carbonyl (C=O) groups is 1. The van der Waals surface area contributed by atoms with Crippen molar-refractivity contribution in [2.24, 2.45) is 5.92 Å². The fourth-order valence-electron chi connectivity index (χ4n) is 3.31. The predicted molar refractivity (Wildman–Crippen MR) is 95.6 cm³/mol. The summed E-state index contributed by atoms with van der Waals surface area (Å²) >= 11 is 0. The molecule has 5 heteroatoms. The van der Waals surface area contributed by atoms with Crippen molar-refractivity contribution >= 4 is 29.3 Å². The van der Waals surface area contributed by atoms with Crippen molar-refractivity contribution in [3.8, 4) is 0 Å². The average Bonchev–Trinajstić information content (AvgIpc) is 2.84. The standard InChI is InChI=1S/C18H24N2O2.ClH/c1-10-7-8-19-9-14(10)20-18(21)17-13(4)15-11(2)5-6-12(3)16(15)22-17;/h5-6,10,14,19H,7-9H2,1-4H3,(H,20,21);1H. The molecule has 2 heterocycles. The number of aryl methyl sites for hydroxylation is 3. The number of halogens is 1. The summed E-state index contributed by atoms with van der Waals surface area (Å²) in [5.74, 6) is 0.830. The molecule has 0 aliphatic carbocycles. The van der Waals surface area contributed by atoms with Gasteiger partial charge in [0.15, 0.2) is 5.76 Å². The molecule has 1 saturated heterocycles. The summed E-state index contributed by atoms with van der Waals surface area (Å²) in [6, 6.07) is 4.28. The molecule has 126 valence electrons. The van der Waals surface area contributed by atoms with Gasteiger partial charge in [0, 0.05) is 23.5 Å². The van der Waals surface area contributed by atoms with Crippen molar-refractivity contribution in [3.05, 3.63) is 34.6 Å². The largest absolute Gasteiger partial charge is 0.450 e. The topological polar surface area (TPSA) is 54.3 Å². The lowest BCUT2D eigenvalue weighted by molar-refractivity contribution is 0.0888. The fourth-order valence-corrected chi connectivity index (χ4v) is 3.31. The number of nitrogens with one attached hydrogen (secondary N) is 2. The molecular formula is C18H25ClN2O2. The van der Waals surface area contributed by atoms with Crippen molar-refractivity contribution in [2.75, 3.05) is 13.1 Å². The highest BCUT2D eigenvalue weighted by atomic mass is 35.5. The molecule has 1 fully saturated rings. The Balaban J connectivity index is 0.00000192. The summed E-state index contributed by atoms with van der Waals surface area (Å²) in [5.41, 5.74) is 3.98. The van der Waals surface area contributed by atoms with E-state index < -0.39 is 0 Å². The number of amides is 1. The van der Waals surface area contributed by atoms with Crippen LogP contribution >= 0.6 is 12.4 Å². The normalized spacial score (nSPS) is 21.0. The first-order chi connectivity index (χ1) is 10.5. The molecule has 0 radical (unpaired) electrons. The van der Waals surface area contributed by atoms with Gasteiger partial charge < -0.3 is 15.1 Å². The molecule has 1 amide bonds. The van der Waals surface area contributed by atoms with Crippen molar-refractivity contribution in [2.45, 2.75) is 40.2 Å². The minimum absolute atomic E-state index is 0. The minimum Gasteiger partial charge on any atom is -0.450 e. The molecule has 2 atom stereocenters. The predicted octanol–water partition coefficient (Wildman–Crippen LogP) is 3.51. The molecule has 1 aliphatic heterocycles. The van der Waals surface area contributed by atoms with Crippen LogP contribution in [0.2, 0.25) is 0 Å². The SMILES string of the molecule is Cc1ccc(C)c2c(C)c(C(=O)NC3CNCCC3C)oc12.Cl. The molecule has 23 heavy (non-hydrogen) atoms. The van der Waals surface area contributed by atoms with Crippen LogP contribution in [0.1, 0.15) is 40.6 Å². The number of carbonyl (C=O) groups excluding carboxylic acids is 1. The molecule has 2 aromatic rings. The second-order valence-corrected chi connectivity index (χ2v) is 6.51. The smallest absolute Gasteiger partial charge is 0.287 e. The van der Waals surface area contributed by atoms with Crippen LogP contribution in [0, 0.1) is 26.7 Å². The minimum atomic E-state index is -0.104. The number of hydrogen-bond acceptors (Lipinski definition) is 3. The van der Waals surface area contributed by atoms with Crippen LogP contribution < -0.4 is 10.6 Å². The van der Waals surface area contributed by atoms with E-state index in [4.69, 9.17) is 4.42 Å². The maximum absolute atomic E-state index is 12.6. The summed E-state index contributed by atoms with van der Waals surface area (Å²) in [4.78, 5) is 12.6. The first-order valence-electron chi connectivity index (χ1n) is 8.00. The quantitative estimate of drug-likeness (QED) is 0.882. The van der Waals surface area contributed by atoms with Gasteiger partial charge in [-0.15, -0.1) is 12.4 Å². The Morgan fingerprint density at radius 2 is 1.96 bits per heavy atom. The zero-order valence-electron chi connectivity index (χ0n) is 14.2. The highest BCUT2D eigenvalue weighted by Crippen LogP contribution is 2.30. The van der Waals surface area contributed by atoms with E-state index >= 15 is 0 Å². The summed E-state index contributed by atoms with van der Waals surface area (Å²) in [7, 11) is 0. The van der Waals surface area contributed by atoms with Crippen LogP contribution in [0.4, 0.5) is 0 Å². The van der Waals surface area contributed by atoms with Crippen LogP contribution in [0.25, 0.3) is 11.0 Å². The molecule has 2 unspecified atom stereocenters. The van der Waals surface area contributed by atoms with Crippen LogP contribution in [0.3, 0.4) is 0 Å². The van der Waals surface area contributed by atoms with Gasteiger partial charge in [0.1, 0.15) is 5.58 Å². The van der Waals surface area contributed by atoms with Crippen molar-refractivity contribution in [3.63, 3.8) is 0 Å². The van der Waals surface area contributed by atoms with Gasteiger partial charge in [-0.1, -0.05) is 19.1 Å². The summed E-state index contributed by atoms with van der Waals surface area (Å²) < 4.78 is 5.92. The lowest BCUT2D eigenvalue weighted by atomic mass is 9.94. The molecule has 1 aromatic carbocycles. The Labute approximate surface area is 143 Å². The van der Waals surface area contributed by atoms with Gasteiger partial charge in [-0.05, 0) is 50.8 Å². The molecule has 1 aromatic heterocycles. The van der Waals surface area contributed by atoms with Crippen molar-refractivity contribution in [1.82, 2.24) is 10.6 Å². The van der Waals surface area contributed by atoms with Crippen molar-refractivity contribution in [1.29, 1.82) is 0 Å². The van der Waals surface area contributed by atoms with E-state index in [2.05, 4.69) is 30.5 Å². The molecule has 1 aliphatic rings. The Bertz CT molecular complexity index is 723. The average molecular weight is 337 g/mol. The lowest BCUT2D eigenvalue weighted by Crippen LogP contribution is -2.50. The zero-order valence-corrected chi connectivity index (χ0v) is 15.0. The second kappa shape index (κ2) is 6.93. The summed E-state index contributed by atoms with van der Waals surface area (Å²) in [5, 5.41) is 7.54. The monoisotopic (exact) mass is 336 g/mol. The van der Waals surface area contributed by atoms with Crippen molar-refractivity contribution < 1.29 is 9.21 Å². The van der Waals surface area contributed by atoms with Gasteiger partial charge in [0.25, 0.3) is 5.91 Å². The van der Waals surface area contributed by atoms with Gasteiger partial charge in [-0.3, -0.25) is 4.79 Å². The van der Waals surface area contributed by atoms with E-state index in [1.54, 1.807) is 0 Å². The third-order valence-corrected chi connectivity index (χ3v) is 4.83. The Kier molecular flexibility index (Phi) is 5.37. The first kappa shape index (κ1) is 17.8. The molecule has 2 N–H and O–H groups in total. The number of rotatable bonds is 2. The second-order valence-electron chi connectivity index (χ2n) is 6.51. The number of furan rings is 1. The maximum Gasteiger partial charge on any atom is 0.287 e. The number of benzene rings is 1. The molecule has 0 spiro atoms. The first-order valence-corrected chi connectivity index (χ1v) is 8.00. The van der Waals surface area contributed by atoms with Gasteiger partial charge >= 0.3 is 0 Å². The van der Waals surface area contributed by atoms with Gasteiger partial charge in [-0.25, -0.2) is 0 Å². The highest BCUT2D eigenvalue weighted by molar-refractivity contribution is 6.00. The van der Waals surface area contributed by atoms with E-state index in [0.717, 1.165) is 47.2 Å². The van der Waals surface area contributed by atoms with E-state index in [9.17, 15) is 4.79 Å². The third-order valence-electron chi connectivity index (χ3n) is 4.83. The molecule has 3 rings (SSSR count). The molecule has 0 saturated carbocycles. The van der Waals surface area contributed by atoms with Crippen LogP contribution in [-0.4, -0.2) is 25.0 Å². The molecule has 4 nitrogen and oxygen atoms in total. The zero-order chi connectivity index (χ0) is 15.9. The van der Waals surface area contributed by atoms with Crippen LogP contribution in [0.15, 0.2) is 16.5 Å². The van der Waals surface area contributed by atoms with E-state index in [0.29, 0.717) is 11.7 Å². The number of piperidine rings is 1. The summed E-state index contributed by atoms with van der Waals surface area (Å²) in [6.45, 7) is 10.1. The Morgan fingerprint density at radius 3 is 2.61 bits per heavy atom. The van der Waals surface area contributed by atoms with Crippen LogP contribution in [-0.2, 0) is 0 Å². The van der Waals surface area contributed by atoms with Gasteiger partial charge in [-0.2, -0.15) is 0 Å². The van der Waals surface area contributed by atoms with E-state index in [1.807, 2.05) is 19.9 Å². The fraction of sp³-hybridized carbons (Fsp3) is 0.500. The number of fused-ring (bicyclic) bond motifs is 1. The van der Waals surface area contributed by atoms with Gasteiger partial charge in [0.05, 0.1) is 0 Å². The number of hydrogen-bond donors (Lipinski definition) is 2.